The van der Waals surface area contributed by atoms with Gasteiger partial charge in [-0.05, 0) is 37.6 Å². The molecule has 102 valence electrons. The van der Waals surface area contributed by atoms with Gasteiger partial charge in [0.05, 0.1) is 6.61 Å². The van der Waals surface area contributed by atoms with E-state index in [-0.39, 0.29) is 6.61 Å². The van der Waals surface area contributed by atoms with Crippen LogP contribution in [0.4, 0.5) is 5.69 Å². The first-order valence-corrected chi connectivity index (χ1v) is 6.74. The van der Waals surface area contributed by atoms with Crippen LogP contribution in [0.15, 0.2) is 28.7 Å². The van der Waals surface area contributed by atoms with Gasteiger partial charge in [0.1, 0.15) is 18.0 Å². The maximum absolute atomic E-state index is 9.07. The van der Waals surface area contributed by atoms with Crippen LogP contribution in [0.3, 0.4) is 0 Å². The Bertz CT molecular complexity index is 558. The van der Waals surface area contributed by atoms with Crippen molar-refractivity contribution in [2.75, 3.05) is 18.5 Å². The second-order valence-electron chi connectivity index (χ2n) is 5.18. The molecule has 3 rings (SSSR count). The van der Waals surface area contributed by atoms with Crippen LogP contribution in [0.2, 0.25) is 0 Å². The van der Waals surface area contributed by atoms with E-state index in [1.165, 1.54) is 0 Å². The average Bonchev–Trinajstić information content (AvgIpc) is 3.07. The third-order valence-electron chi connectivity index (χ3n) is 3.79. The Morgan fingerprint density at radius 1 is 1.42 bits per heavy atom. The van der Waals surface area contributed by atoms with Crippen LogP contribution >= 0.6 is 0 Å². The summed E-state index contributed by atoms with van der Waals surface area (Å²) >= 11 is 0. The summed E-state index contributed by atoms with van der Waals surface area (Å²) in [5, 5.41) is 13.6. The smallest absolute Gasteiger partial charge is 0.134 e. The molecule has 2 N–H and O–H groups in total. The van der Waals surface area contributed by atoms with Crippen LogP contribution in [0, 0.1) is 5.92 Å². The van der Waals surface area contributed by atoms with Gasteiger partial charge in [-0.2, -0.15) is 0 Å². The molecule has 0 spiro atoms. The fourth-order valence-electron chi connectivity index (χ4n) is 2.59. The fraction of sp³-hybridized carbons (Fsp3) is 0.467. The predicted molar refractivity (Wildman–Crippen MR) is 74.1 cm³/mol. The molecule has 0 radical (unpaired) electrons. The van der Waals surface area contributed by atoms with Gasteiger partial charge in [0.15, 0.2) is 0 Å². The van der Waals surface area contributed by atoms with Crippen molar-refractivity contribution in [3.8, 4) is 0 Å². The molecule has 1 aliphatic rings. The molecule has 2 unspecified atom stereocenters. The minimum absolute atomic E-state index is 0.0622. The normalized spacial score (nSPS) is 20.8. The minimum atomic E-state index is -0.0622. The van der Waals surface area contributed by atoms with E-state index >= 15 is 0 Å². The van der Waals surface area contributed by atoms with E-state index in [0.29, 0.717) is 17.7 Å². The van der Waals surface area contributed by atoms with Crippen LogP contribution < -0.4 is 5.32 Å². The van der Waals surface area contributed by atoms with Gasteiger partial charge >= 0.3 is 0 Å². The summed E-state index contributed by atoms with van der Waals surface area (Å²) in [4.78, 5) is 0. The van der Waals surface area contributed by atoms with Crippen LogP contribution in [-0.2, 0) is 11.3 Å². The van der Waals surface area contributed by atoms with Crippen LogP contribution in [0.5, 0.6) is 0 Å². The Hall–Kier alpha value is -1.52. The highest BCUT2D eigenvalue weighted by molar-refractivity contribution is 5.81. The zero-order chi connectivity index (χ0) is 13.2. The summed E-state index contributed by atoms with van der Waals surface area (Å²) in [6, 6.07) is 8.28. The topological polar surface area (TPSA) is 54.6 Å². The van der Waals surface area contributed by atoms with Gasteiger partial charge in [-0.1, -0.05) is 0 Å². The first kappa shape index (κ1) is 12.5. The van der Waals surface area contributed by atoms with E-state index in [4.69, 9.17) is 14.3 Å². The minimum Gasteiger partial charge on any atom is -0.459 e. The molecule has 2 heterocycles. The number of furan rings is 1. The average molecular weight is 261 g/mol. The number of benzene rings is 1. The molecule has 19 heavy (non-hydrogen) atoms. The highest BCUT2D eigenvalue weighted by Crippen LogP contribution is 2.25. The lowest BCUT2D eigenvalue weighted by Crippen LogP contribution is -2.25. The van der Waals surface area contributed by atoms with Gasteiger partial charge in [0, 0.05) is 29.6 Å². The molecule has 2 aromatic rings. The van der Waals surface area contributed by atoms with E-state index in [0.717, 1.165) is 36.3 Å². The SMILES string of the molecule is CC(Nc1ccc2oc(CO)cc2c1)C1CCOC1. The molecule has 1 aromatic carbocycles. The van der Waals surface area contributed by atoms with Crippen molar-refractivity contribution in [1.29, 1.82) is 0 Å². The maximum Gasteiger partial charge on any atom is 0.134 e. The quantitative estimate of drug-likeness (QED) is 0.888. The highest BCUT2D eigenvalue weighted by atomic mass is 16.5. The predicted octanol–water partition coefficient (Wildman–Crippen LogP) is 2.76. The van der Waals surface area contributed by atoms with Gasteiger partial charge in [0.2, 0.25) is 0 Å². The Labute approximate surface area is 112 Å². The Morgan fingerprint density at radius 3 is 3.05 bits per heavy atom. The van der Waals surface area contributed by atoms with Crippen molar-refractivity contribution in [2.24, 2.45) is 5.92 Å². The van der Waals surface area contributed by atoms with Crippen molar-refractivity contribution in [1.82, 2.24) is 0 Å². The Morgan fingerprint density at radius 2 is 2.32 bits per heavy atom. The van der Waals surface area contributed by atoms with Crippen molar-refractivity contribution in [2.45, 2.75) is 26.0 Å². The first-order chi connectivity index (χ1) is 9.26. The third kappa shape index (κ3) is 2.60. The lowest BCUT2D eigenvalue weighted by atomic mass is 10.0. The van der Waals surface area contributed by atoms with Crippen molar-refractivity contribution >= 4 is 16.7 Å². The fourth-order valence-corrected chi connectivity index (χ4v) is 2.59. The molecule has 1 aliphatic heterocycles. The van der Waals surface area contributed by atoms with E-state index in [2.05, 4.69) is 18.3 Å². The van der Waals surface area contributed by atoms with Gasteiger partial charge < -0.3 is 19.6 Å². The molecule has 4 heteroatoms. The van der Waals surface area contributed by atoms with Gasteiger partial charge in [0.25, 0.3) is 0 Å². The van der Waals surface area contributed by atoms with Crippen molar-refractivity contribution in [3.05, 3.63) is 30.0 Å². The molecule has 0 bridgehead atoms. The summed E-state index contributed by atoms with van der Waals surface area (Å²) in [5.41, 5.74) is 1.89. The summed E-state index contributed by atoms with van der Waals surface area (Å²) < 4.78 is 10.9. The summed E-state index contributed by atoms with van der Waals surface area (Å²) in [6.07, 6.45) is 1.12. The van der Waals surface area contributed by atoms with Gasteiger partial charge in [-0.3, -0.25) is 0 Å². The molecule has 1 fully saturated rings. The number of hydrogen-bond donors (Lipinski definition) is 2. The molecule has 0 aliphatic carbocycles. The van der Waals surface area contributed by atoms with E-state index < -0.39 is 0 Å². The van der Waals surface area contributed by atoms with E-state index in [1.54, 1.807) is 0 Å². The van der Waals surface area contributed by atoms with Crippen LogP contribution in [-0.4, -0.2) is 24.4 Å². The van der Waals surface area contributed by atoms with Crippen LogP contribution in [0.25, 0.3) is 11.0 Å². The molecule has 4 nitrogen and oxygen atoms in total. The zero-order valence-corrected chi connectivity index (χ0v) is 11.1. The lowest BCUT2D eigenvalue weighted by molar-refractivity contribution is 0.183. The number of aliphatic hydroxyl groups is 1. The number of fused-ring (bicyclic) bond motifs is 1. The number of rotatable bonds is 4. The molecule has 1 saturated heterocycles. The second-order valence-corrected chi connectivity index (χ2v) is 5.18. The van der Waals surface area contributed by atoms with Gasteiger partial charge in [-0.25, -0.2) is 0 Å². The van der Waals surface area contributed by atoms with Gasteiger partial charge in [-0.15, -0.1) is 0 Å². The first-order valence-electron chi connectivity index (χ1n) is 6.74. The maximum atomic E-state index is 9.07. The summed E-state index contributed by atoms with van der Waals surface area (Å²) in [6.45, 7) is 3.85. The lowest BCUT2D eigenvalue weighted by Gasteiger charge is -2.20. The van der Waals surface area contributed by atoms with E-state index in [9.17, 15) is 0 Å². The highest BCUT2D eigenvalue weighted by Gasteiger charge is 2.22. The monoisotopic (exact) mass is 261 g/mol. The Balaban J connectivity index is 1.76. The third-order valence-corrected chi connectivity index (χ3v) is 3.79. The molecule has 2 atom stereocenters. The standard InChI is InChI=1S/C15H19NO3/c1-10(11-4-5-18-9-11)16-13-2-3-15-12(6-13)7-14(8-17)19-15/h2-3,6-7,10-11,16-17H,4-5,8-9H2,1H3. The number of nitrogens with one attached hydrogen (secondary N) is 1. The summed E-state index contributed by atoms with van der Waals surface area (Å²) in [5.74, 6) is 1.18. The number of ether oxygens (including phenoxy) is 1. The number of anilines is 1. The van der Waals surface area contributed by atoms with E-state index in [1.807, 2.05) is 18.2 Å². The number of hydrogen-bond acceptors (Lipinski definition) is 4. The zero-order valence-electron chi connectivity index (χ0n) is 11.1. The summed E-state index contributed by atoms with van der Waals surface area (Å²) in [7, 11) is 0. The molecular weight excluding hydrogens is 242 g/mol. The molecule has 1 aromatic heterocycles. The number of aliphatic hydroxyl groups excluding tert-OH is 1. The van der Waals surface area contributed by atoms with Crippen molar-refractivity contribution in [3.63, 3.8) is 0 Å². The largest absolute Gasteiger partial charge is 0.459 e. The molecule has 0 amide bonds. The van der Waals surface area contributed by atoms with Crippen LogP contribution in [0.1, 0.15) is 19.1 Å². The molecular formula is C15H19NO3. The second kappa shape index (κ2) is 5.23. The Kier molecular flexibility index (Phi) is 3.44. The molecule has 0 saturated carbocycles. The van der Waals surface area contributed by atoms with Crippen molar-refractivity contribution < 1.29 is 14.3 Å².